The van der Waals surface area contributed by atoms with E-state index in [0.29, 0.717) is 24.7 Å². The van der Waals surface area contributed by atoms with Crippen molar-refractivity contribution in [3.8, 4) is 17.6 Å². The van der Waals surface area contributed by atoms with Crippen LogP contribution in [-0.4, -0.2) is 45.4 Å². The fraction of sp³-hybridized carbons (Fsp3) is 0.438. The maximum Gasteiger partial charge on any atom is 0.162 e. The average molecular weight is 318 g/mol. The van der Waals surface area contributed by atoms with Crippen LogP contribution >= 0.6 is 11.3 Å². The lowest BCUT2D eigenvalue weighted by Crippen LogP contribution is -2.38. The summed E-state index contributed by atoms with van der Waals surface area (Å²) in [5.41, 5.74) is 0. The molecule has 0 aliphatic carbocycles. The van der Waals surface area contributed by atoms with Gasteiger partial charge in [0, 0.05) is 28.7 Å². The number of hydrogen-bond donors (Lipinski definition) is 0. The summed E-state index contributed by atoms with van der Waals surface area (Å²) in [6, 6.07) is 8.20. The van der Waals surface area contributed by atoms with Crippen molar-refractivity contribution in [3.05, 3.63) is 23.1 Å². The standard InChI is InChI=1S/C16H18N2O3S/c1-19-13-7-11-8-16(22-15(11)9-14(13)20-2)12(10-17)18-3-5-21-6-4-18/h7-9,12H,3-6H2,1-2H3. The highest BCUT2D eigenvalue weighted by atomic mass is 32.1. The number of fused-ring (bicyclic) bond motifs is 1. The van der Waals surface area contributed by atoms with Gasteiger partial charge in [0.1, 0.15) is 6.04 Å². The molecule has 1 fully saturated rings. The number of methoxy groups -OCH3 is 2. The van der Waals surface area contributed by atoms with Crippen LogP contribution in [-0.2, 0) is 4.74 Å². The monoisotopic (exact) mass is 318 g/mol. The van der Waals surface area contributed by atoms with Crippen LogP contribution in [0.1, 0.15) is 10.9 Å². The van der Waals surface area contributed by atoms with Gasteiger partial charge in [-0.05, 0) is 17.5 Å². The molecule has 1 saturated heterocycles. The van der Waals surface area contributed by atoms with Gasteiger partial charge in [0.15, 0.2) is 11.5 Å². The topological polar surface area (TPSA) is 54.7 Å². The number of ether oxygens (including phenoxy) is 3. The van der Waals surface area contributed by atoms with Crippen molar-refractivity contribution >= 4 is 21.4 Å². The maximum atomic E-state index is 9.58. The predicted octanol–water partition coefficient (Wildman–Crippen LogP) is 2.82. The molecule has 6 heteroatoms. The summed E-state index contributed by atoms with van der Waals surface area (Å²) in [5.74, 6) is 1.42. The Bertz CT molecular complexity index is 660. The highest BCUT2D eigenvalue weighted by Crippen LogP contribution is 2.39. The van der Waals surface area contributed by atoms with E-state index in [0.717, 1.165) is 28.1 Å². The van der Waals surface area contributed by atoms with Gasteiger partial charge in [-0.3, -0.25) is 4.90 Å². The third-order valence-electron chi connectivity index (χ3n) is 3.84. The summed E-state index contributed by atoms with van der Waals surface area (Å²) in [4.78, 5) is 3.22. The van der Waals surface area contributed by atoms with Crippen LogP contribution in [0.2, 0.25) is 0 Å². The normalized spacial score (nSPS) is 17.1. The molecule has 1 atom stereocenters. The zero-order valence-corrected chi connectivity index (χ0v) is 13.5. The lowest BCUT2D eigenvalue weighted by atomic mass is 10.1. The minimum atomic E-state index is -0.224. The van der Waals surface area contributed by atoms with Crippen LogP contribution in [0.4, 0.5) is 0 Å². The van der Waals surface area contributed by atoms with Crippen LogP contribution in [0.15, 0.2) is 18.2 Å². The molecule has 0 N–H and O–H groups in total. The van der Waals surface area contributed by atoms with E-state index < -0.39 is 0 Å². The first-order chi connectivity index (χ1) is 10.8. The maximum absolute atomic E-state index is 9.58. The average Bonchev–Trinajstić information content (AvgIpc) is 2.97. The molecule has 3 rings (SSSR count). The van der Waals surface area contributed by atoms with E-state index in [1.165, 1.54) is 0 Å². The Labute approximate surface area is 133 Å². The number of thiophene rings is 1. The molecule has 0 saturated carbocycles. The molecule has 22 heavy (non-hydrogen) atoms. The molecular weight excluding hydrogens is 300 g/mol. The summed E-state index contributed by atoms with van der Waals surface area (Å²) < 4.78 is 17.2. The quantitative estimate of drug-likeness (QED) is 0.867. The number of benzene rings is 1. The van der Waals surface area contributed by atoms with Crippen LogP contribution in [0, 0.1) is 11.3 Å². The van der Waals surface area contributed by atoms with E-state index in [2.05, 4.69) is 17.0 Å². The Hall–Kier alpha value is -1.81. The molecule has 0 amide bonds. The molecule has 1 aliphatic rings. The lowest BCUT2D eigenvalue weighted by molar-refractivity contribution is 0.0272. The van der Waals surface area contributed by atoms with Gasteiger partial charge in [-0.25, -0.2) is 0 Å². The number of morpholine rings is 1. The van der Waals surface area contributed by atoms with E-state index in [1.54, 1.807) is 25.6 Å². The Kier molecular flexibility index (Phi) is 4.48. The molecule has 2 heterocycles. The van der Waals surface area contributed by atoms with Crippen molar-refractivity contribution in [2.24, 2.45) is 0 Å². The molecule has 0 spiro atoms. The highest BCUT2D eigenvalue weighted by molar-refractivity contribution is 7.19. The Morgan fingerprint density at radius 1 is 1.18 bits per heavy atom. The molecular formula is C16H18N2O3S. The van der Waals surface area contributed by atoms with E-state index in [-0.39, 0.29) is 6.04 Å². The summed E-state index contributed by atoms with van der Waals surface area (Å²) in [7, 11) is 3.26. The van der Waals surface area contributed by atoms with Gasteiger partial charge in [0.25, 0.3) is 0 Å². The Morgan fingerprint density at radius 3 is 2.50 bits per heavy atom. The van der Waals surface area contributed by atoms with Crippen molar-refractivity contribution in [2.45, 2.75) is 6.04 Å². The molecule has 1 aromatic carbocycles. The molecule has 1 aromatic heterocycles. The van der Waals surface area contributed by atoms with E-state index in [1.807, 2.05) is 12.1 Å². The van der Waals surface area contributed by atoms with E-state index in [4.69, 9.17) is 14.2 Å². The second-order valence-corrected chi connectivity index (χ2v) is 6.19. The summed E-state index contributed by atoms with van der Waals surface area (Å²) >= 11 is 1.63. The van der Waals surface area contributed by atoms with Crippen molar-refractivity contribution in [3.63, 3.8) is 0 Å². The minimum Gasteiger partial charge on any atom is -0.493 e. The largest absolute Gasteiger partial charge is 0.493 e. The first-order valence-electron chi connectivity index (χ1n) is 7.13. The molecule has 0 bridgehead atoms. The number of hydrogen-bond acceptors (Lipinski definition) is 6. The van der Waals surface area contributed by atoms with Crippen LogP contribution < -0.4 is 9.47 Å². The second-order valence-electron chi connectivity index (χ2n) is 5.07. The summed E-state index contributed by atoms with van der Waals surface area (Å²) in [5, 5.41) is 10.7. The highest BCUT2D eigenvalue weighted by Gasteiger charge is 2.24. The Morgan fingerprint density at radius 2 is 1.86 bits per heavy atom. The smallest absolute Gasteiger partial charge is 0.162 e. The van der Waals surface area contributed by atoms with Gasteiger partial charge in [-0.2, -0.15) is 5.26 Å². The lowest BCUT2D eigenvalue weighted by Gasteiger charge is -2.29. The summed E-state index contributed by atoms with van der Waals surface area (Å²) in [6.07, 6.45) is 0. The zero-order chi connectivity index (χ0) is 15.5. The van der Waals surface area contributed by atoms with Crippen LogP contribution in [0.25, 0.3) is 10.1 Å². The third kappa shape index (κ3) is 2.75. The van der Waals surface area contributed by atoms with Gasteiger partial charge in [-0.1, -0.05) is 0 Å². The molecule has 116 valence electrons. The first-order valence-corrected chi connectivity index (χ1v) is 7.95. The van der Waals surface area contributed by atoms with E-state index >= 15 is 0 Å². The first kappa shape index (κ1) is 15.1. The fourth-order valence-electron chi connectivity index (χ4n) is 2.68. The molecule has 0 radical (unpaired) electrons. The molecule has 1 unspecified atom stereocenters. The van der Waals surface area contributed by atoms with Gasteiger partial charge in [-0.15, -0.1) is 11.3 Å². The molecule has 5 nitrogen and oxygen atoms in total. The number of rotatable bonds is 4. The van der Waals surface area contributed by atoms with E-state index in [9.17, 15) is 5.26 Å². The van der Waals surface area contributed by atoms with Crippen molar-refractivity contribution in [1.82, 2.24) is 4.90 Å². The second kappa shape index (κ2) is 6.53. The number of nitriles is 1. The fourth-order valence-corrected chi connectivity index (χ4v) is 3.84. The van der Waals surface area contributed by atoms with Gasteiger partial charge >= 0.3 is 0 Å². The Balaban J connectivity index is 1.98. The van der Waals surface area contributed by atoms with Gasteiger partial charge < -0.3 is 14.2 Å². The van der Waals surface area contributed by atoms with Gasteiger partial charge in [0.05, 0.1) is 33.5 Å². The SMILES string of the molecule is COc1cc2cc(C(C#N)N3CCOCC3)sc2cc1OC. The van der Waals surface area contributed by atoms with Gasteiger partial charge in [0.2, 0.25) is 0 Å². The zero-order valence-electron chi connectivity index (χ0n) is 12.7. The van der Waals surface area contributed by atoms with Crippen molar-refractivity contribution < 1.29 is 14.2 Å². The number of nitrogens with zero attached hydrogens (tertiary/aromatic N) is 2. The van der Waals surface area contributed by atoms with Crippen molar-refractivity contribution in [2.75, 3.05) is 40.5 Å². The predicted molar refractivity (Wildman–Crippen MR) is 85.7 cm³/mol. The minimum absolute atomic E-state index is 0.224. The summed E-state index contributed by atoms with van der Waals surface area (Å²) in [6.45, 7) is 2.95. The molecule has 2 aromatic rings. The third-order valence-corrected chi connectivity index (χ3v) is 4.99. The molecule has 1 aliphatic heterocycles. The van der Waals surface area contributed by atoms with Crippen LogP contribution in [0.3, 0.4) is 0 Å². The van der Waals surface area contributed by atoms with Crippen LogP contribution in [0.5, 0.6) is 11.5 Å². The van der Waals surface area contributed by atoms with Crippen molar-refractivity contribution in [1.29, 1.82) is 5.26 Å².